The van der Waals surface area contributed by atoms with Crippen molar-refractivity contribution in [2.75, 3.05) is 26.4 Å². The highest BCUT2D eigenvalue weighted by atomic mass is 16.7. The van der Waals surface area contributed by atoms with E-state index in [2.05, 4.69) is 263 Å². The summed E-state index contributed by atoms with van der Waals surface area (Å²) in [7, 11) is 0. The fourth-order valence-corrected chi connectivity index (χ4v) is 17.8. The second kappa shape index (κ2) is 77.5. The standard InChI is InChI=1S/C20H38O2.C20H32O2.2C14H22O2.C14H22.C13H20O.4C10H14O/c2*1-4-16(2)19-10-12-20(13-11-19)22-17(3)21-15-14-18-8-6-5-7-9-18;2*1-5-11(3)13-7-9-14(10-8-13)16-12(4)15-6-2;1-6-11(2)12-7-9-13(10-8-12)14(3,4)5;1-5-11(4)12-6-8-13(9-7-12)14-10(2)3;4*1-3-8(2)9-4-6-10(11)7-5-9/h16-20H,4-15H2,1-3H3;10-13,16-18H,4-9,14-15H2,1-3H3;2*7-12H,5-6H2,1-4H3;7-11H,6H2,1-5H3;6-11H,5H2,1-4H3;4*4-8,11H,3H2,1-2H3. The van der Waals surface area contributed by atoms with E-state index >= 15 is 0 Å². The third-order valence-corrected chi connectivity index (χ3v) is 30.3. The van der Waals surface area contributed by atoms with Crippen molar-refractivity contribution in [2.24, 2.45) is 23.7 Å². The molecule has 3 fully saturated rings. The molecule has 0 aromatic heterocycles. The Morgan fingerprint density at radius 1 is 0.243 bits per heavy atom. The van der Waals surface area contributed by atoms with E-state index in [4.69, 9.17) is 63.1 Å². The number of ether oxygens (including phenoxy) is 9. The Balaban J connectivity index is 0.000000427. The quantitative estimate of drug-likeness (QED) is 0.0268. The molecule has 14 unspecified atom stereocenters. The molecular weight excluding hydrogens is 1830 g/mol. The fourth-order valence-electron chi connectivity index (χ4n) is 17.8. The van der Waals surface area contributed by atoms with Gasteiger partial charge in [0.1, 0.15) is 46.0 Å². The lowest BCUT2D eigenvalue weighted by Gasteiger charge is -2.33. The molecule has 14 atom stereocenters. The van der Waals surface area contributed by atoms with E-state index in [0.717, 1.165) is 98.4 Å². The molecule has 0 amide bonds. The first-order valence-electron chi connectivity index (χ1n) is 58.2. The first-order valence-corrected chi connectivity index (χ1v) is 58.2. The average molecular weight is 2040 g/mol. The van der Waals surface area contributed by atoms with Crippen molar-refractivity contribution in [3.63, 3.8) is 0 Å². The van der Waals surface area contributed by atoms with Gasteiger partial charge < -0.3 is 63.1 Å². The molecule has 9 aromatic rings. The maximum atomic E-state index is 9.01. The molecule has 0 saturated heterocycles. The molecule has 13 nitrogen and oxygen atoms in total. The summed E-state index contributed by atoms with van der Waals surface area (Å²) in [5, 5.41) is 36.0. The van der Waals surface area contributed by atoms with E-state index in [9.17, 15) is 0 Å². The second-order valence-electron chi connectivity index (χ2n) is 43.4. The molecule has 0 bridgehead atoms. The topological polar surface area (TPSA) is 164 Å². The van der Waals surface area contributed by atoms with Crippen LogP contribution in [-0.2, 0) is 29.1 Å². The van der Waals surface area contributed by atoms with Gasteiger partial charge in [0.05, 0.1) is 18.8 Å². The van der Waals surface area contributed by atoms with Crippen molar-refractivity contribution in [3.8, 4) is 46.0 Å². The molecule has 13 heteroatoms. The number of phenolic OH excluding ortho intramolecular Hbond substituents is 4. The summed E-state index contributed by atoms with van der Waals surface area (Å²) in [6, 6.07) is 72.2. The molecule has 830 valence electrons. The first-order chi connectivity index (χ1) is 70.7. The summed E-state index contributed by atoms with van der Waals surface area (Å²) in [6.45, 7) is 70.2. The van der Waals surface area contributed by atoms with Gasteiger partial charge in [-0.05, 0) is 387 Å². The van der Waals surface area contributed by atoms with Crippen molar-refractivity contribution in [1.29, 1.82) is 0 Å². The third kappa shape index (κ3) is 57.0. The summed E-state index contributed by atoms with van der Waals surface area (Å²) in [5.41, 5.74) is 13.8. The lowest BCUT2D eigenvalue weighted by molar-refractivity contribution is -0.170. The molecule has 3 saturated carbocycles. The highest BCUT2D eigenvalue weighted by molar-refractivity contribution is 5.36. The van der Waals surface area contributed by atoms with Crippen molar-refractivity contribution in [1.82, 2.24) is 0 Å². The number of hydrogen-bond donors (Lipinski definition) is 4. The Kier molecular flexibility index (Phi) is 69.8. The van der Waals surface area contributed by atoms with E-state index in [0.29, 0.717) is 95.6 Å². The van der Waals surface area contributed by atoms with Gasteiger partial charge in [0.25, 0.3) is 0 Å². The summed E-state index contributed by atoms with van der Waals surface area (Å²) in [5.74, 6) is 14.1. The molecule has 9 aromatic carbocycles. The number of rotatable bonds is 42. The Morgan fingerprint density at radius 3 is 0.676 bits per heavy atom. The van der Waals surface area contributed by atoms with Crippen molar-refractivity contribution in [2.45, 2.75) is 478 Å². The minimum Gasteiger partial charge on any atom is -0.508 e. The molecule has 0 heterocycles. The van der Waals surface area contributed by atoms with Crippen LogP contribution in [0.4, 0.5) is 0 Å². The van der Waals surface area contributed by atoms with Crippen LogP contribution in [0.3, 0.4) is 0 Å². The second-order valence-corrected chi connectivity index (χ2v) is 43.4. The fraction of sp³-hybridized carbons (Fsp3) is 0.600. The van der Waals surface area contributed by atoms with Gasteiger partial charge >= 0.3 is 0 Å². The summed E-state index contributed by atoms with van der Waals surface area (Å²) >= 11 is 0. The number of benzene rings is 9. The zero-order valence-corrected chi connectivity index (χ0v) is 98.9. The van der Waals surface area contributed by atoms with Crippen LogP contribution in [-0.4, -0.2) is 84.2 Å². The van der Waals surface area contributed by atoms with E-state index in [1.807, 2.05) is 121 Å². The zero-order valence-electron chi connectivity index (χ0n) is 98.9. The van der Waals surface area contributed by atoms with Crippen LogP contribution in [0.5, 0.6) is 46.0 Å². The highest BCUT2D eigenvalue weighted by Crippen LogP contribution is 2.37. The minimum absolute atomic E-state index is 0.0197. The molecule has 4 N–H and O–H groups in total. The van der Waals surface area contributed by atoms with Crippen LogP contribution in [0.15, 0.2) is 218 Å². The largest absolute Gasteiger partial charge is 0.508 e. The molecule has 148 heavy (non-hydrogen) atoms. The lowest BCUT2D eigenvalue weighted by Crippen LogP contribution is -2.29. The van der Waals surface area contributed by atoms with E-state index in [-0.39, 0.29) is 36.7 Å². The van der Waals surface area contributed by atoms with Gasteiger partial charge in [0, 0.05) is 19.8 Å². The van der Waals surface area contributed by atoms with Crippen molar-refractivity contribution < 1.29 is 63.1 Å². The van der Waals surface area contributed by atoms with Crippen LogP contribution >= 0.6 is 0 Å². The van der Waals surface area contributed by atoms with Crippen molar-refractivity contribution >= 4 is 0 Å². The molecule has 3 aliphatic rings. The van der Waals surface area contributed by atoms with Crippen LogP contribution in [0.2, 0.25) is 0 Å². The third-order valence-electron chi connectivity index (χ3n) is 30.3. The van der Waals surface area contributed by atoms with E-state index in [1.54, 1.807) is 48.5 Å². The van der Waals surface area contributed by atoms with Crippen molar-refractivity contribution in [3.05, 3.63) is 274 Å². The Labute approximate surface area is 905 Å². The van der Waals surface area contributed by atoms with Gasteiger partial charge in [0.2, 0.25) is 0 Å². The van der Waals surface area contributed by atoms with Crippen LogP contribution < -0.4 is 18.9 Å². The Bertz CT molecular complexity index is 4360. The highest BCUT2D eigenvalue weighted by Gasteiger charge is 2.27. The smallest absolute Gasteiger partial charge is 0.196 e. The van der Waals surface area contributed by atoms with Crippen LogP contribution in [0, 0.1) is 23.7 Å². The van der Waals surface area contributed by atoms with Gasteiger partial charge in [-0.25, -0.2) is 0 Å². The minimum atomic E-state index is -0.181. The maximum absolute atomic E-state index is 9.01. The maximum Gasteiger partial charge on any atom is 0.196 e. The molecule has 12 rings (SSSR count). The Morgan fingerprint density at radius 2 is 0.459 bits per heavy atom. The first kappa shape index (κ1) is 133. The van der Waals surface area contributed by atoms with Gasteiger partial charge in [-0.3, -0.25) is 0 Å². The Hall–Kier alpha value is -8.82. The monoisotopic (exact) mass is 2040 g/mol. The summed E-state index contributed by atoms with van der Waals surface area (Å²) < 4.78 is 51.1. The number of hydrogen-bond acceptors (Lipinski definition) is 13. The molecule has 3 aliphatic carbocycles. The average Bonchev–Trinajstić information content (AvgIpc) is 0.835. The van der Waals surface area contributed by atoms with E-state index < -0.39 is 0 Å². The summed E-state index contributed by atoms with van der Waals surface area (Å²) in [4.78, 5) is 0. The molecular formula is C135H212O13. The van der Waals surface area contributed by atoms with Gasteiger partial charge in [-0.15, -0.1) is 0 Å². The molecule has 0 aliphatic heterocycles. The van der Waals surface area contributed by atoms with E-state index in [1.165, 1.54) is 184 Å². The predicted molar refractivity (Wildman–Crippen MR) is 631 cm³/mol. The lowest BCUT2D eigenvalue weighted by atomic mass is 9.79. The van der Waals surface area contributed by atoms with Gasteiger partial charge in [-0.2, -0.15) is 0 Å². The molecule has 0 radical (unpaired) electrons. The summed E-state index contributed by atoms with van der Waals surface area (Å²) in [6.07, 6.45) is 33.6. The van der Waals surface area contributed by atoms with Crippen LogP contribution in [0.1, 0.15) is 490 Å². The van der Waals surface area contributed by atoms with Gasteiger partial charge in [-0.1, -0.05) is 351 Å². The SMILES string of the molecule is CCC(C)C1CCC(OC(C)OCCC2CCCCC2)CC1.CCC(C)c1ccc(C(C)(C)C)cc1.CCC(C)c1ccc(O)cc1.CCC(C)c1ccc(O)cc1.CCC(C)c1ccc(O)cc1.CCC(C)c1ccc(O)cc1.CCC(C)c1ccc(OC(C)C)cc1.CCC(C)c1ccc(OC(C)OCCC2CCCCC2)cc1.CCOC(C)Oc1ccc(C(C)CC)cc1.CCOC(C)Oc1ccc(C(C)CC)cc1. The number of aromatic hydroxyl groups is 4. The van der Waals surface area contributed by atoms with Gasteiger partial charge in [0.15, 0.2) is 25.2 Å². The zero-order chi connectivity index (χ0) is 110. The number of phenols is 4. The normalized spacial score (nSPS) is 16.8. The molecule has 0 spiro atoms. The van der Waals surface area contributed by atoms with Crippen LogP contribution in [0.25, 0.3) is 0 Å². The predicted octanol–water partition coefficient (Wildman–Crippen LogP) is 39.9.